The first-order valence-corrected chi connectivity index (χ1v) is 10.2. The van der Waals surface area contributed by atoms with Gasteiger partial charge in [-0.15, -0.1) is 0 Å². The Labute approximate surface area is 166 Å². The Bertz CT molecular complexity index is 863. The summed E-state index contributed by atoms with van der Waals surface area (Å²) in [4.78, 5) is 28.6. The molecule has 0 atom stereocenters. The van der Waals surface area contributed by atoms with Crippen LogP contribution in [0, 0.1) is 5.92 Å². The molecule has 4 rings (SSSR count). The Morgan fingerprint density at radius 2 is 1.82 bits per heavy atom. The Hall–Kier alpha value is -2.50. The fourth-order valence-corrected chi connectivity index (χ4v) is 4.04. The summed E-state index contributed by atoms with van der Waals surface area (Å²) in [6.07, 6.45) is 7.98. The molecule has 0 unspecified atom stereocenters. The second-order valence-corrected chi connectivity index (χ2v) is 9.14. The SMILES string of the molecule is CC(C)(C)c1ccc(-c2cnc3c(n2)N([C@H]2CC[C@H](C)CC2)C(=O)CN3)cn1. The number of fused-ring (bicyclic) bond motifs is 1. The largest absolute Gasteiger partial charge is 0.358 e. The van der Waals surface area contributed by atoms with Gasteiger partial charge in [0.05, 0.1) is 18.4 Å². The zero-order valence-corrected chi connectivity index (χ0v) is 17.2. The van der Waals surface area contributed by atoms with Gasteiger partial charge in [0.25, 0.3) is 0 Å². The number of amides is 1. The van der Waals surface area contributed by atoms with E-state index in [4.69, 9.17) is 4.98 Å². The summed E-state index contributed by atoms with van der Waals surface area (Å²) in [5.41, 5.74) is 2.71. The minimum atomic E-state index is 0.00528. The van der Waals surface area contributed by atoms with Gasteiger partial charge in [0, 0.05) is 28.9 Å². The molecule has 2 aromatic rings. The predicted octanol–water partition coefficient (Wildman–Crippen LogP) is 4.17. The van der Waals surface area contributed by atoms with E-state index < -0.39 is 0 Å². The maximum Gasteiger partial charge on any atom is 0.247 e. The second-order valence-electron chi connectivity index (χ2n) is 9.14. The zero-order valence-electron chi connectivity index (χ0n) is 17.2. The van der Waals surface area contributed by atoms with Crippen LogP contribution >= 0.6 is 0 Å². The number of hydrogen-bond acceptors (Lipinski definition) is 5. The quantitative estimate of drug-likeness (QED) is 0.848. The minimum absolute atomic E-state index is 0.00528. The number of aromatic nitrogens is 3. The first-order valence-electron chi connectivity index (χ1n) is 10.2. The lowest BCUT2D eigenvalue weighted by atomic mass is 9.86. The van der Waals surface area contributed by atoms with Crippen molar-refractivity contribution in [3.05, 3.63) is 30.2 Å². The monoisotopic (exact) mass is 379 g/mol. The Morgan fingerprint density at radius 3 is 2.46 bits per heavy atom. The van der Waals surface area contributed by atoms with Crippen molar-refractivity contribution >= 4 is 17.5 Å². The van der Waals surface area contributed by atoms with Crippen molar-refractivity contribution in [2.45, 2.75) is 64.8 Å². The molecule has 148 valence electrons. The van der Waals surface area contributed by atoms with E-state index in [1.54, 1.807) is 6.20 Å². The van der Waals surface area contributed by atoms with E-state index in [2.05, 4.69) is 43.0 Å². The molecule has 3 heterocycles. The molecule has 0 bridgehead atoms. The molecule has 0 radical (unpaired) electrons. The maximum atomic E-state index is 12.7. The molecule has 1 saturated carbocycles. The topological polar surface area (TPSA) is 71.0 Å². The Kier molecular flexibility index (Phi) is 4.81. The van der Waals surface area contributed by atoms with Crippen LogP contribution in [0.1, 0.15) is 59.1 Å². The van der Waals surface area contributed by atoms with Crippen LogP contribution in [0.25, 0.3) is 11.3 Å². The van der Waals surface area contributed by atoms with Gasteiger partial charge in [-0.2, -0.15) is 0 Å². The molecule has 1 amide bonds. The van der Waals surface area contributed by atoms with Crippen molar-refractivity contribution in [2.24, 2.45) is 5.92 Å². The molecule has 2 aliphatic rings. The highest BCUT2D eigenvalue weighted by Crippen LogP contribution is 2.35. The van der Waals surface area contributed by atoms with Crippen LogP contribution in [0.3, 0.4) is 0 Å². The van der Waals surface area contributed by atoms with Gasteiger partial charge < -0.3 is 5.32 Å². The van der Waals surface area contributed by atoms with E-state index in [-0.39, 0.29) is 23.9 Å². The number of carbonyl (C=O) groups excluding carboxylic acids is 1. The highest BCUT2D eigenvalue weighted by molar-refractivity contribution is 6.01. The molecular formula is C22H29N5O. The lowest BCUT2D eigenvalue weighted by Crippen LogP contribution is -2.48. The van der Waals surface area contributed by atoms with Crippen LogP contribution in [-0.4, -0.2) is 33.4 Å². The van der Waals surface area contributed by atoms with Gasteiger partial charge in [-0.3, -0.25) is 14.7 Å². The van der Waals surface area contributed by atoms with Gasteiger partial charge in [-0.25, -0.2) is 9.97 Å². The number of carbonyl (C=O) groups is 1. The zero-order chi connectivity index (χ0) is 19.9. The van der Waals surface area contributed by atoms with E-state index in [1.807, 2.05) is 23.2 Å². The summed E-state index contributed by atoms with van der Waals surface area (Å²) < 4.78 is 0. The van der Waals surface area contributed by atoms with Gasteiger partial charge in [0.1, 0.15) is 0 Å². The number of hydrogen-bond donors (Lipinski definition) is 1. The van der Waals surface area contributed by atoms with Crippen molar-refractivity contribution in [1.29, 1.82) is 0 Å². The van der Waals surface area contributed by atoms with E-state index in [0.29, 0.717) is 11.6 Å². The van der Waals surface area contributed by atoms with Gasteiger partial charge in [0.15, 0.2) is 11.6 Å². The maximum absolute atomic E-state index is 12.7. The number of nitrogens with zero attached hydrogens (tertiary/aromatic N) is 4. The van der Waals surface area contributed by atoms with Crippen LogP contribution < -0.4 is 10.2 Å². The Morgan fingerprint density at radius 1 is 1.07 bits per heavy atom. The normalized spacial score (nSPS) is 22.6. The molecule has 1 aliphatic heterocycles. The average Bonchev–Trinajstić information content (AvgIpc) is 2.68. The van der Waals surface area contributed by atoms with Crippen LogP contribution in [0.4, 0.5) is 11.6 Å². The van der Waals surface area contributed by atoms with Crippen LogP contribution in [-0.2, 0) is 10.2 Å². The lowest BCUT2D eigenvalue weighted by molar-refractivity contribution is -0.117. The summed E-state index contributed by atoms with van der Waals surface area (Å²) >= 11 is 0. The summed E-state index contributed by atoms with van der Waals surface area (Å²) in [5, 5.41) is 3.12. The van der Waals surface area contributed by atoms with E-state index in [0.717, 1.165) is 48.6 Å². The molecule has 0 aromatic carbocycles. The molecule has 0 saturated heterocycles. The molecule has 6 nitrogen and oxygen atoms in total. The highest BCUT2D eigenvalue weighted by atomic mass is 16.2. The van der Waals surface area contributed by atoms with Crippen molar-refractivity contribution in [1.82, 2.24) is 15.0 Å². The van der Waals surface area contributed by atoms with E-state index in [9.17, 15) is 4.79 Å². The van der Waals surface area contributed by atoms with Crippen LogP contribution in [0.2, 0.25) is 0 Å². The van der Waals surface area contributed by atoms with Crippen molar-refractivity contribution in [3.8, 4) is 11.3 Å². The van der Waals surface area contributed by atoms with Crippen molar-refractivity contribution in [3.63, 3.8) is 0 Å². The van der Waals surface area contributed by atoms with Crippen molar-refractivity contribution in [2.75, 3.05) is 16.8 Å². The van der Waals surface area contributed by atoms with Gasteiger partial charge in [-0.1, -0.05) is 27.7 Å². The van der Waals surface area contributed by atoms with Gasteiger partial charge >= 0.3 is 0 Å². The lowest BCUT2D eigenvalue weighted by Gasteiger charge is -2.38. The number of pyridine rings is 1. The summed E-state index contributed by atoms with van der Waals surface area (Å²) in [6, 6.07) is 4.30. The molecule has 1 fully saturated rings. The third-order valence-electron chi connectivity index (χ3n) is 5.84. The van der Waals surface area contributed by atoms with Crippen LogP contribution in [0.15, 0.2) is 24.5 Å². The molecular weight excluding hydrogens is 350 g/mol. The van der Waals surface area contributed by atoms with Crippen LogP contribution in [0.5, 0.6) is 0 Å². The second kappa shape index (κ2) is 7.15. The molecule has 0 spiro atoms. The fraction of sp³-hybridized carbons (Fsp3) is 0.545. The number of anilines is 2. The highest BCUT2D eigenvalue weighted by Gasteiger charge is 2.34. The molecule has 1 aliphatic carbocycles. The fourth-order valence-electron chi connectivity index (χ4n) is 4.04. The third-order valence-corrected chi connectivity index (χ3v) is 5.84. The third kappa shape index (κ3) is 3.60. The number of rotatable bonds is 2. The summed E-state index contributed by atoms with van der Waals surface area (Å²) in [7, 11) is 0. The van der Waals surface area contributed by atoms with Gasteiger partial charge in [0.2, 0.25) is 5.91 Å². The minimum Gasteiger partial charge on any atom is -0.358 e. The smallest absolute Gasteiger partial charge is 0.247 e. The summed E-state index contributed by atoms with van der Waals surface area (Å²) in [6.45, 7) is 9.01. The van der Waals surface area contributed by atoms with E-state index >= 15 is 0 Å². The van der Waals surface area contributed by atoms with E-state index in [1.165, 1.54) is 0 Å². The standard InChI is InChI=1S/C22H29N5O/c1-14-5-8-16(9-6-14)27-19(28)13-25-20-21(27)26-17(12-24-20)15-7-10-18(23-11-15)22(2,3)4/h7,10-12,14,16H,5-6,8-9,13H2,1-4H3,(H,24,25)/t14-,16-. The predicted molar refractivity (Wildman–Crippen MR) is 111 cm³/mol. The van der Waals surface area contributed by atoms with Crippen molar-refractivity contribution < 1.29 is 4.79 Å². The number of nitrogens with one attached hydrogen (secondary N) is 1. The molecule has 6 heteroatoms. The first kappa shape index (κ1) is 18.8. The summed E-state index contributed by atoms with van der Waals surface area (Å²) in [5.74, 6) is 2.17. The molecule has 2 aromatic heterocycles. The average molecular weight is 380 g/mol. The molecule has 1 N–H and O–H groups in total. The first-order chi connectivity index (χ1) is 13.3. The Balaban J connectivity index is 1.67. The molecule has 28 heavy (non-hydrogen) atoms. The van der Waals surface area contributed by atoms with Gasteiger partial charge in [-0.05, 0) is 43.7 Å².